The maximum Gasteiger partial charge on any atom is 0.109 e. The number of nitrogens with zero attached hydrogens (tertiary/aromatic N) is 1. The van der Waals surface area contributed by atoms with E-state index in [0.717, 1.165) is 18.2 Å². The summed E-state index contributed by atoms with van der Waals surface area (Å²) in [5, 5.41) is 4.23. The predicted molar refractivity (Wildman–Crippen MR) is 45.9 cm³/mol. The second kappa shape index (κ2) is 2.54. The fraction of sp³-hybridized carbons (Fsp3) is 0.500. The number of aromatic nitrogens is 1. The Hall–Kier alpha value is -0.470. The van der Waals surface area contributed by atoms with Crippen molar-refractivity contribution in [1.82, 2.24) is 9.88 Å². The van der Waals surface area contributed by atoms with Gasteiger partial charge in [0.25, 0.3) is 0 Å². The molecule has 0 unspecified atom stereocenters. The first-order chi connectivity index (χ1) is 5.29. The summed E-state index contributed by atoms with van der Waals surface area (Å²) < 4.78 is 2.16. The molecular formula is C8H11ClN2. The summed E-state index contributed by atoms with van der Waals surface area (Å²) in [5.41, 5.74) is 1.29. The maximum atomic E-state index is 5.96. The van der Waals surface area contributed by atoms with Gasteiger partial charge in [-0.2, -0.15) is 0 Å². The molecule has 11 heavy (non-hydrogen) atoms. The number of nitrogens with one attached hydrogen (secondary N) is 1. The first kappa shape index (κ1) is 7.19. The average molecular weight is 171 g/mol. The Labute approximate surface area is 71.2 Å². The standard InChI is InChI=1S/C8H11ClN2/c1-6-7-2-3-8(9)11(7)5-4-10-6/h2-3,6,10H,4-5H2,1H3/t6-/m0/s1. The van der Waals surface area contributed by atoms with Crippen molar-refractivity contribution in [1.29, 1.82) is 0 Å². The van der Waals surface area contributed by atoms with E-state index in [1.54, 1.807) is 0 Å². The predicted octanol–water partition coefficient (Wildman–Crippen LogP) is 1.81. The molecule has 0 fully saturated rings. The topological polar surface area (TPSA) is 17.0 Å². The Balaban J connectivity index is 2.46. The first-order valence-corrected chi connectivity index (χ1v) is 4.25. The third kappa shape index (κ3) is 1.06. The average Bonchev–Trinajstić information content (AvgIpc) is 2.35. The molecule has 2 nitrogen and oxygen atoms in total. The lowest BCUT2D eigenvalue weighted by atomic mass is 10.2. The van der Waals surface area contributed by atoms with Crippen LogP contribution in [0.3, 0.4) is 0 Å². The van der Waals surface area contributed by atoms with Crippen LogP contribution in [0.2, 0.25) is 5.15 Å². The van der Waals surface area contributed by atoms with Gasteiger partial charge in [0.15, 0.2) is 0 Å². The molecular weight excluding hydrogens is 160 g/mol. The van der Waals surface area contributed by atoms with Gasteiger partial charge in [-0.05, 0) is 19.1 Å². The maximum absolute atomic E-state index is 5.96. The quantitative estimate of drug-likeness (QED) is 0.629. The van der Waals surface area contributed by atoms with Gasteiger partial charge in [-0.15, -0.1) is 0 Å². The Morgan fingerprint density at radius 3 is 3.18 bits per heavy atom. The summed E-state index contributed by atoms with van der Waals surface area (Å²) in [6, 6.07) is 4.48. The third-order valence-electron chi connectivity index (χ3n) is 2.19. The molecule has 1 atom stereocenters. The lowest BCUT2D eigenvalue weighted by molar-refractivity contribution is 0.449. The second-order valence-corrected chi connectivity index (χ2v) is 3.30. The van der Waals surface area contributed by atoms with Gasteiger partial charge < -0.3 is 9.88 Å². The largest absolute Gasteiger partial charge is 0.333 e. The SMILES string of the molecule is C[C@@H]1NCCn2c(Cl)ccc21. The summed E-state index contributed by atoms with van der Waals surface area (Å²) in [5.74, 6) is 0. The van der Waals surface area contributed by atoms with E-state index in [2.05, 4.69) is 22.9 Å². The molecule has 2 heterocycles. The zero-order valence-corrected chi connectivity index (χ0v) is 7.23. The van der Waals surface area contributed by atoms with Crippen molar-refractivity contribution in [2.24, 2.45) is 0 Å². The van der Waals surface area contributed by atoms with Gasteiger partial charge in [0.2, 0.25) is 0 Å². The fourth-order valence-corrected chi connectivity index (χ4v) is 1.81. The zero-order valence-electron chi connectivity index (χ0n) is 6.47. The molecule has 0 amide bonds. The zero-order chi connectivity index (χ0) is 7.84. The van der Waals surface area contributed by atoms with Crippen molar-refractivity contribution in [2.75, 3.05) is 6.54 Å². The molecule has 0 aromatic carbocycles. The minimum Gasteiger partial charge on any atom is -0.333 e. The highest BCUT2D eigenvalue weighted by Gasteiger charge is 2.16. The van der Waals surface area contributed by atoms with Crippen LogP contribution in [0.4, 0.5) is 0 Å². The van der Waals surface area contributed by atoms with E-state index >= 15 is 0 Å². The second-order valence-electron chi connectivity index (χ2n) is 2.91. The van der Waals surface area contributed by atoms with Crippen molar-refractivity contribution in [3.63, 3.8) is 0 Å². The molecule has 1 aliphatic rings. The minimum atomic E-state index is 0.441. The van der Waals surface area contributed by atoms with Gasteiger partial charge in [0.05, 0.1) is 0 Å². The number of rotatable bonds is 0. The van der Waals surface area contributed by atoms with E-state index in [-0.39, 0.29) is 0 Å². The third-order valence-corrected chi connectivity index (χ3v) is 2.52. The Kier molecular flexibility index (Phi) is 1.66. The molecule has 0 spiro atoms. The molecule has 0 radical (unpaired) electrons. The Morgan fingerprint density at radius 1 is 1.64 bits per heavy atom. The van der Waals surface area contributed by atoms with E-state index in [1.165, 1.54) is 5.69 Å². The highest BCUT2D eigenvalue weighted by Crippen LogP contribution is 2.22. The molecule has 0 saturated carbocycles. The molecule has 1 N–H and O–H groups in total. The normalized spacial score (nSPS) is 23.3. The molecule has 0 bridgehead atoms. The van der Waals surface area contributed by atoms with E-state index < -0.39 is 0 Å². The summed E-state index contributed by atoms with van der Waals surface area (Å²) in [4.78, 5) is 0. The molecule has 60 valence electrons. The van der Waals surface area contributed by atoms with E-state index in [1.807, 2.05) is 6.07 Å². The van der Waals surface area contributed by atoms with Crippen molar-refractivity contribution in [2.45, 2.75) is 19.5 Å². The van der Waals surface area contributed by atoms with Crippen LogP contribution in [0.1, 0.15) is 18.7 Å². The molecule has 3 heteroatoms. The molecule has 0 saturated heterocycles. The fourth-order valence-electron chi connectivity index (χ4n) is 1.57. The van der Waals surface area contributed by atoms with Gasteiger partial charge in [-0.3, -0.25) is 0 Å². The molecule has 0 aliphatic carbocycles. The molecule has 1 aromatic heterocycles. The van der Waals surface area contributed by atoms with Crippen LogP contribution in [0, 0.1) is 0 Å². The van der Waals surface area contributed by atoms with E-state index in [4.69, 9.17) is 11.6 Å². The number of fused-ring (bicyclic) bond motifs is 1. The van der Waals surface area contributed by atoms with Crippen LogP contribution in [0.5, 0.6) is 0 Å². The molecule has 1 aromatic rings. The summed E-state index contributed by atoms with van der Waals surface area (Å²) in [7, 11) is 0. The lowest BCUT2D eigenvalue weighted by Crippen LogP contribution is -2.31. The Bertz CT molecular complexity index is 267. The smallest absolute Gasteiger partial charge is 0.109 e. The van der Waals surface area contributed by atoms with Gasteiger partial charge in [-0.1, -0.05) is 11.6 Å². The van der Waals surface area contributed by atoms with Crippen LogP contribution < -0.4 is 5.32 Å². The highest BCUT2D eigenvalue weighted by molar-refractivity contribution is 6.29. The van der Waals surface area contributed by atoms with Crippen molar-refractivity contribution >= 4 is 11.6 Å². The minimum absolute atomic E-state index is 0.441. The van der Waals surface area contributed by atoms with Crippen LogP contribution in [-0.2, 0) is 6.54 Å². The summed E-state index contributed by atoms with van der Waals surface area (Å²) in [6.45, 7) is 4.16. The van der Waals surface area contributed by atoms with Crippen molar-refractivity contribution in [3.05, 3.63) is 23.0 Å². The number of hydrogen-bond donors (Lipinski definition) is 1. The van der Waals surface area contributed by atoms with Crippen LogP contribution in [0.15, 0.2) is 12.1 Å². The molecule has 2 rings (SSSR count). The first-order valence-electron chi connectivity index (χ1n) is 3.87. The van der Waals surface area contributed by atoms with Crippen molar-refractivity contribution < 1.29 is 0 Å². The monoisotopic (exact) mass is 170 g/mol. The van der Waals surface area contributed by atoms with Gasteiger partial charge in [0, 0.05) is 24.8 Å². The van der Waals surface area contributed by atoms with Crippen LogP contribution in [0.25, 0.3) is 0 Å². The lowest BCUT2D eigenvalue weighted by Gasteiger charge is -2.23. The highest BCUT2D eigenvalue weighted by atomic mass is 35.5. The molecule has 1 aliphatic heterocycles. The summed E-state index contributed by atoms with van der Waals surface area (Å²) >= 11 is 5.96. The Morgan fingerprint density at radius 2 is 2.45 bits per heavy atom. The van der Waals surface area contributed by atoms with Crippen molar-refractivity contribution in [3.8, 4) is 0 Å². The number of halogens is 1. The number of hydrogen-bond acceptors (Lipinski definition) is 1. The van der Waals surface area contributed by atoms with Gasteiger partial charge in [-0.25, -0.2) is 0 Å². The van der Waals surface area contributed by atoms with E-state index in [0.29, 0.717) is 6.04 Å². The summed E-state index contributed by atoms with van der Waals surface area (Å²) in [6.07, 6.45) is 0. The van der Waals surface area contributed by atoms with Gasteiger partial charge in [0.1, 0.15) is 5.15 Å². The van der Waals surface area contributed by atoms with Crippen LogP contribution >= 0.6 is 11.6 Å². The van der Waals surface area contributed by atoms with Gasteiger partial charge >= 0.3 is 0 Å². The van der Waals surface area contributed by atoms with E-state index in [9.17, 15) is 0 Å². The van der Waals surface area contributed by atoms with Crippen LogP contribution in [-0.4, -0.2) is 11.1 Å².